The number of carbonyl (C=O) groups excluding carboxylic acids is 1. The molecule has 1 aliphatic rings. The van der Waals surface area contributed by atoms with E-state index in [1.807, 2.05) is 25.1 Å². The first-order valence-corrected chi connectivity index (χ1v) is 9.75. The van der Waals surface area contributed by atoms with Crippen LogP contribution in [0.4, 0.5) is 0 Å². The van der Waals surface area contributed by atoms with Crippen molar-refractivity contribution >= 4 is 17.2 Å². The van der Waals surface area contributed by atoms with Crippen LogP contribution >= 0.6 is 11.3 Å². The van der Waals surface area contributed by atoms with Crippen LogP contribution in [0.15, 0.2) is 24.4 Å². The predicted octanol–water partition coefficient (Wildman–Crippen LogP) is 3.84. The van der Waals surface area contributed by atoms with Crippen molar-refractivity contribution in [3.8, 4) is 10.7 Å². The smallest absolute Gasteiger partial charge is 0.263 e. The molecule has 2 aromatic heterocycles. The number of thiazole rings is 1. The Hall–Kier alpha value is -1.79. The van der Waals surface area contributed by atoms with Gasteiger partial charge in [-0.3, -0.25) is 9.78 Å². The minimum Gasteiger partial charge on any atom is -0.376 e. The number of nitrogens with zero attached hydrogens (tertiary/aromatic N) is 2. The number of hydrogen-bond acceptors (Lipinski definition) is 5. The van der Waals surface area contributed by atoms with E-state index in [0.717, 1.165) is 22.8 Å². The summed E-state index contributed by atoms with van der Waals surface area (Å²) >= 11 is 1.38. The summed E-state index contributed by atoms with van der Waals surface area (Å²) in [7, 11) is 0. The van der Waals surface area contributed by atoms with Gasteiger partial charge in [0.2, 0.25) is 0 Å². The third kappa shape index (κ3) is 4.64. The molecule has 1 aliphatic carbocycles. The number of ether oxygens (including phenoxy) is 1. The van der Waals surface area contributed by atoms with Crippen LogP contribution < -0.4 is 5.32 Å². The lowest BCUT2D eigenvalue weighted by molar-refractivity contribution is -0.00293. The largest absolute Gasteiger partial charge is 0.376 e. The van der Waals surface area contributed by atoms with Crippen LogP contribution in [-0.2, 0) is 4.74 Å². The highest BCUT2D eigenvalue weighted by atomic mass is 32.1. The summed E-state index contributed by atoms with van der Waals surface area (Å²) in [4.78, 5) is 21.8. The number of hydrogen-bond donors (Lipinski definition) is 1. The van der Waals surface area contributed by atoms with Gasteiger partial charge >= 0.3 is 0 Å². The first kappa shape index (κ1) is 18.0. The number of carbonyl (C=O) groups is 1. The van der Waals surface area contributed by atoms with Crippen molar-refractivity contribution in [2.45, 2.75) is 45.6 Å². The Labute approximate surface area is 152 Å². The van der Waals surface area contributed by atoms with Crippen LogP contribution in [0.3, 0.4) is 0 Å². The second-order valence-corrected chi connectivity index (χ2v) is 7.57. The molecule has 0 aromatic carbocycles. The van der Waals surface area contributed by atoms with Crippen LogP contribution in [0.1, 0.15) is 48.0 Å². The Morgan fingerprint density at radius 2 is 2.20 bits per heavy atom. The number of amides is 1. The summed E-state index contributed by atoms with van der Waals surface area (Å²) in [6.07, 6.45) is 7.00. The second kappa shape index (κ2) is 8.54. The van der Waals surface area contributed by atoms with E-state index < -0.39 is 0 Å². The molecule has 0 unspecified atom stereocenters. The zero-order chi connectivity index (χ0) is 17.6. The van der Waals surface area contributed by atoms with Crippen LogP contribution in [0.5, 0.6) is 0 Å². The third-order valence-electron chi connectivity index (χ3n) is 4.64. The Morgan fingerprint density at radius 1 is 1.36 bits per heavy atom. The molecule has 0 bridgehead atoms. The number of pyridine rings is 1. The summed E-state index contributed by atoms with van der Waals surface area (Å²) in [5, 5.41) is 3.72. The minimum atomic E-state index is -0.0857. The van der Waals surface area contributed by atoms with E-state index in [1.54, 1.807) is 6.20 Å². The van der Waals surface area contributed by atoms with E-state index in [2.05, 4.69) is 22.2 Å². The van der Waals surface area contributed by atoms with E-state index >= 15 is 0 Å². The topological polar surface area (TPSA) is 64.1 Å². The predicted molar refractivity (Wildman–Crippen MR) is 99.8 cm³/mol. The van der Waals surface area contributed by atoms with Crippen molar-refractivity contribution in [1.82, 2.24) is 15.3 Å². The average Bonchev–Trinajstić information content (AvgIpc) is 3.02. The molecule has 1 N–H and O–H groups in total. The molecule has 2 heterocycles. The summed E-state index contributed by atoms with van der Waals surface area (Å²) in [5.41, 5.74) is 1.54. The quantitative estimate of drug-likeness (QED) is 0.796. The number of nitrogens with one attached hydrogen (secondary N) is 1. The molecule has 0 radical (unpaired) electrons. The fourth-order valence-electron chi connectivity index (χ4n) is 3.19. The van der Waals surface area contributed by atoms with E-state index in [4.69, 9.17) is 4.74 Å². The standard InChI is InChI=1S/C19H25N3O2S/c1-13-7-3-4-9-16(13)24-12-11-21-18(23)17-14(2)22-19(25-17)15-8-5-6-10-20-15/h5-6,8,10,13,16H,3-4,7,9,11-12H2,1-2H3,(H,21,23)/t13-,16-/m0/s1. The maximum absolute atomic E-state index is 12.4. The van der Waals surface area contributed by atoms with Crippen molar-refractivity contribution in [3.05, 3.63) is 35.0 Å². The molecule has 0 aliphatic heterocycles. The van der Waals surface area contributed by atoms with Crippen molar-refractivity contribution < 1.29 is 9.53 Å². The van der Waals surface area contributed by atoms with Gasteiger partial charge in [-0.05, 0) is 37.8 Å². The van der Waals surface area contributed by atoms with Gasteiger partial charge in [0.05, 0.1) is 24.1 Å². The lowest BCUT2D eigenvalue weighted by atomic mass is 9.88. The second-order valence-electron chi connectivity index (χ2n) is 6.58. The number of aryl methyl sites for hydroxylation is 1. The Kier molecular flexibility index (Phi) is 6.15. The van der Waals surface area contributed by atoms with Crippen molar-refractivity contribution in [1.29, 1.82) is 0 Å². The fraction of sp³-hybridized carbons (Fsp3) is 0.526. The molecule has 1 saturated carbocycles. The van der Waals surface area contributed by atoms with E-state index in [0.29, 0.717) is 30.1 Å². The first-order valence-electron chi connectivity index (χ1n) is 8.94. The van der Waals surface area contributed by atoms with E-state index in [-0.39, 0.29) is 5.91 Å². The number of aromatic nitrogens is 2. The molecule has 2 atom stereocenters. The molecule has 3 rings (SSSR count). The van der Waals surface area contributed by atoms with Crippen molar-refractivity contribution in [3.63, 3.8) is 0 Å². The van der Waals surface area contributed by atoms with Crippen LogP contribution in [0.25, 0.3) is 10.7 Å². The molecule has 1 amide bonds. The SMILES string of the molecule is Cc1nc(-c2ccccn2)sc1C(=O)NCCO[C@H]1CCCC[C@@H]1C. The van der Waals surface area contributed by atoms with Gasteiger partial charge in [-0.1, -0.05) is 25.8 Å². The van der Waals surface area contributed by atoms with Crippen molar-refractivity contribution in [2.24, 2.45) is 5.92 Å². The fourth-order valence-corrected chi connectivity index (χ4v) is 4.15. The summed E-state index contributed by atoms with van der Waals surface area (Å²) in [5.74, 6) is 0.534. The highest BCUT2D eigenvalue weighted by Crippen LogP contribution is 2.27. The first-order chi connectivity index (χ1) is 12.1. The zero-order valence-electron chi connectivity index (χ0n) is 14.8. The third-order valence-corrected chi connectivity index (χ3v) is 5.82. The molecule has 2 aromatic rings. The molecular formula is C19H25N3O2S. The molecular weight excluding hydrogens is 334 g/mol. The maximum Gasteiger partial charge on any atom is 0.263 e. The van der Waals surface area contributed by atoms with Gasteiger partial charge in [-0.2, -0.15) is 0 Å². The lowest BCUT2D eigenvalue weighted by Crippen LogP contribution is -2.31. The van der Waals surface area contributed by atoms with E-state index in [9.17, 15) is 4.79 Å². The Morgan fingerprint density at radius 3 is 2.96 bits per heavy atom. The highest BCUT2D eigenvalue weighted by molar-refractivity contribution is 7.17. The lowest BCUT2D eigenvalue weighted by Gasteiger charge is -2.28. The average molecular weight is 359 g/mol. The maximum atomic E-state index is 12.4. The molecule has 1 fully saturated rings. The van der Waals surface area contributed by atoms with Crippen molar-refractivity contribution in [2.75, 3.05) is 13.2 Å². The van der Waals surface area contributed by atoms with Gasteiger partial charge < -0.3 is 10.1 Å². The van der Waals surface area contributed by atoms with E-state index in [1.165, 1.54) is 30.6 Å². The van der Waals surface area contributed by atoms with Gasteiger partial charge in [-0.15, -0.1) is 11.3 Å². The summed E-state index contributed by atoms with van der Waals surface area (Å²) in [6, 6.07) is 5.69. The van der Waals surface area contributed by atoms with Gasteiger partial charge in [0.25, 0.3) is 5.91 Å². The molecule has 0 saturated heterocycles. The molecule has 6 heteroatoms. The highest BCUT2D eigenvalue weighted by Gasteiger charge is 2.22. The zero-order valence-corrected chi connectivity index (χ0v) is 15.6. The summed E-state index contributed by atoms with van der Waals surface area (Å²) < 4.78 is 5.95. The Balaban J connectivity index is 1.51. The summed E-state index contributed by atoms with van der Waals surface area (Å²) in [6.45, 7) is 5.20. The van der Waals surface area contributed by atoms with Crippen LogP contribution in [0, 0.1) is 12.8 Å². The van der Waals surface area contributed by atoms with Gasteiger partial charge in [0.1, 0.15) is 9.88 Å². The normalized spacial score (nSPS) is 20.4. The molecule has 0 spiro atoms. The monoisotopic (exact) mass is 359 g/mol. The number of rotatable bonds is 6. The Bertz CT molecular complexity index is 702. The van der Waals surface area contributed by atoms with Crippen LogP contribution in [0.2, 0.25) is 0 Å². The molecule has 134 valence electrons. The van der Waals surface area contributed by atoms with Crippen LogP contribution in [-0.4, -0.2) is 35.1 Å². The van der Waals surface area contributed by atoms with Gasteiger partial charge in [0.15, 0.2) is 0 Å². The van der Waals surface area contributed by atoms with Gasteiger partial charge in [0, 0.05) is 12.7 Å². The molecule has 25 heavy (non-hydrogen) atoms. The molecule has 5 nitrogen and oxygen atoms in total. The minimum absolute atomic E-state index is 0.0857. The van der Waals surface area contributed by atoms with Gasteiger partial charge in [-0.25, -0.2) is 4.98 Å².